The van der Waals surface area contributed by atoms with Crippen molar-refractivity contribution in [2.75, 3.05) is 19.8 Å². The van der Waals surface area contributed by atoms with Gasteiger partial charge in [-0.15, -0.1) is 11.3 Å². The first-order chi connectivity index (χ1) is 11.8. The van der Waals surface area contributed by atoms with Crippen LogP contribution in [0.25, 0.3) is 0 Å². The predicted octanol–water partition coefficient (Wildman–Crippen LogP) is 3.24. The summed E-state index contributed by atoms with van der Waals surface area (Å²) in [6.07, 6.45) is 6.19. The molecule has 0 spiro atoms. The quantitative estimate of drug-likeness (QED) is 0.802. The summed E-state index contributed by atoms with van der Waals surface area (Å²) in [5, 5.41) is 3.18. The van der Waals surface area contributed by atoms with Crippen molar-refractivity contribution in [2.24, 2.45) is 5.92 Å². The maximum atomic E-state index is 6.02. The highest BCUT2D eigenvalue weighted by Gasteiger charge is 2.40. The number of aromatic nitrogens is 1. The number of thiazole rings is 1. The van der Waals surface area contributed by atoms with E-state index in [4.69, 9.17) is 13.9 Å². The fraction of sp³-hybridized carbons (Fsp3) is 0.611. The third-order valence-electron chi connectivity index (χ3n) is 4.98. The van der Waals surface area contributed by atoms with Crippen LogP contribution in [0.4, 0.5) is 0 Å². The normalized spacial score (nSPS) is 27.5. The number of hydrogen-bond acceptors (Lipinski definition) is 6. The van der Waals surface area contributed by atoms with E-state index in [0.29, 0.717) is 24.7 Å². The lowest BCUT2D eigenvalue weighted by Crippen LogP contribution is -2.47. The maximum Gasteiger partial charge on any atom is 0.0947 e. The summed E-state index contributed by atoms with van der Waals surface area (Å²) in [7, 11) is 0. The molecule has 24 heavy (non-hydrogen) atoms. The zero-order chi connectivity index (χ0) is 16.4. The molecule has 2 fully saturated rings. The van der Waals surface area contributed by atoms with Crippen LogP contribution in [-0.4, -0.2) is 41.8 Å². The van der Waals surface area contributed by atoms with Crippen LogP contribution in [0.5, 0.6) is 0 Å². The zero-order valence-electron chi connectivity index (χ0n) is 14.0. The Labute approximate surface area is 146 Å². The fourth-order valence-electron chi connectivity index (χ4n) is 3.88. The molecule has 3 heterocycles. The molecular weight excluding hydrogens is 324 g/mol. The van der Waals surface area contributed by atoms with Gasteiger partial charge in [-0.2, -0.15) is 0 Å². The van der Waals surface area contributed by atoms with Crippen LogP contribution in [0.15, 0.2) is 28.4 Å². The van der Waals surface area contributed by atoms with Gasteiger partial charge < -0.3 is 13.9 Å². The van der Waals surface area contributed by atoms with Gasteiger partial charge in [-0.05, 0) is 31.7 Å². The van der Waals surface area contributed by atoms with Gasteiger partial charge in [0, 0.05) is 30.1 Å². The Kier molecular flexibility index (Phi) is 4.98. The first-order valence-electron chi connectivity index (χ1n) is 8.63. The smallest absolute Gasteiger partial charge is 0.0947 e. The van der Waals surface area contributed by atoms with Crippen molar-refractivity contribution in [1.82, 2.24) is 9.88 Å². The van der Waals surface area contributed by atoms with Crippen molar-refractivity contribution in [1.29, 1.82) is 0 Å². The summed E-state index contributed by atoms with van der Waals surface area (Å²) in [5.41, 5.74) is 2.29. The summed E-state index contributed by atoms with van der Waals surface area (Å²) in [6, 6.07) is 2.55. The van der Waals surface area contributed by atoms with Gasteiger partial charge in [0.1, 0.15) is 0 Å². The highest BCUT2D eigenvalue weighted by Crippen LogP contribution is 2.35. The molecule has 0 bridgehead atoms. The van der Waals surface area contributed by atoms with Gasteiger partial charge in [0.2, 0.25) is 0 Å². The lowest BCUT2D eigenvalue weighted by Gasteiger charge is -2.37. The van der Waals surface area contributed by atoms with Crippen LogP contribution in [0.2, 0.25) is 0 Å². The highest BCUT2D eigenvalue weighted by atomic mass is 32.1. The lowest BCUT2D eigenvalue weighted by atomic mass is 10.1. The standard InChI is InChI=1S/C18H24N2O3S/c1-13-19-16(12-24-13)11-22-10-15-6-17-18(7-15)23-5-3-20(17)8-14-2-4-21-9-14/h2,4,9,12,15,17-18H,3,5-8,10-11H2,1H3/t15-,17+,18-/m0/s1. The minimum absolute atomic E-state index is 0.348. The predicted molar refractivity (Wildman–Crippen MR) is 91.9 cm³/mol. The molecule has 1 saturated carbocycles. The SMILES string of the molecule is Cc1nc(COC[C@@H]2C[C@@H]3OCCN(Cc4ccoc4)[C@@H]3C2)cs1. The van der Waals surface area contributed by atoms with Crippen LogP contribution in [0.3, 0.4) is 0 Å². The average molecular weight is 348 g/mol. The molecule has 5 nitrogen and oxygen atoms in total. The Bertz CT molecular complexity index is 642. The summed E-state index contributed by atoms with van der Waals surface area (Å²) in [5.74, 6) is 0.574. The minimum Gasteiger partial charge on any atom is -0.472 e. The number of morpholine rings is 1. The van der Waals surface area contributed by atoms with Crippen molar-refractivity contribution in [3.63, 3.8) is 0 Å². The molecule has 2 aliphatic rings. The molecule has 4 rings (SSSR count). The van der Waals surface area contributed by atoms with E-state index in [9.17, 15) is 0 Å². The zero-order valence-corrected chi connectivity index (χ0v) is 14.8. The molecule has 0 N–H and O–H groups in total. The maximum absolute atomic E-state index is 6.02. The number of ether oxygens (including phenoxy) is 2. The minimum atomic E-state index is 0.348. The molecule has 130 valence electrons. The van der Waals surface area contributed by atoms with Crippen LogP contribution in [0.1, 0.15) is 29.1 Å². The van der Waals surface area contributed by atoms with Crippen molar-refractivity contribution in [2.45, 2.75) is 45.1 Å². The monoisotopic (exact) mass is 348 g/mol. The second kappa shape index (κ2) is 7.35. The second-order valence-electron chi connectivity index (χ2n) is 6.79. The van der Waals surface area contributed by atoms with E-state index >= 15 is 0 Å². The van der Waals surface area contributed by atoms with E-state index < -0.39 is 0 Å². The van der Waals surface area contributed by atoms with E-state index in [1.807, 2.05) is 13.2 Å². The van der Waals surface area contributed by atoms with E-state index in [0.717, 1.165) is 49.8 Å². The van der Waals surface area contributed by atoms with Gasteiger partial charge in [0.25, 0.3) is 0 Å². The first kappa shape index (κ1) is 16.3. The van der Waals surface area contributed by atoms with Crippen LogP contribution >= 0.6 is 11.3 Å². The van der Waals surface area contributed by atoms with Crippen molar-refractivity contribution in [3.05, 3.63) is 40.2 Å². The van der Waals surface area contributed by atoms with Gasteiger partial charge >= 0.3 is 0 Å². The average Bonchev–Trinajstić information content (AvgIpc) is 3.29. The molecule has 1 saturated heterocycles. The number of hydrogen-bond donors (Lipinski definition) is 0. The largest absolute Gasteiger partial charge is 0.472 e. The summed E-state index contributed by atoms with van der Waals surface area (Å²) < 4.78 is 17.1. The molecule has 3 atom stereocenters. The number of fused-ring (bicyclic) bond motifs is 1. The molecule has 1 aliphatic carbocycles. The Morgan fingerprint density at radius 3 is 3.17 bits per heavy atom. The summed E-state index contributed by atoms with van der Waals surface area (Å²) >= 11 is 1.68. The topological polar surface area (TPSA) is 47.7 Å². The second-order valence-corrected chi connectivity index (χ2v) is 7.85. The summed E-state index contributed by atoms with van der Waals surface area (Å²) in [6.45, 7) is 6.22. The molecule has 0 aromatic carbocycles. The van der Waals surface area contributed by atoms with Gasteiger partial charge in [0.15, 0.2) is 0 Å². The van der Waals surface area contributed by atoms with Crippen LogP contribution in [0, 0.1) is 12.8 Å². The Morgan fingerprint density at radius 2 is 2.38 bits per heavy atom. The molecular formula is C18H24N2O3S. The third-order valence-corrected chi connectivity index (χ3v) is 5.81. The Hall–Kier alpha value is -1.21. The Morgan fingerprint density at radius 1 is 1.42 bits per heavy atom. The fourth-order valence-corrected chi connectivity index (χ4v) is 4.48. The van der Waals surface area contributed by atoms with E-state index in [1.54, 1.807) is 17.6 Å². The van der Waals surface area contributed by atoms with Crippen LogP contribution in [-0.2, 0) is 22.6 Å². The van der Waals surface area contributed by atoms with Gasteiger partial charge in [0.05, 0.1) is 49.2 Å². The lowest BCUT2D eigenvalue weighted by molar-refractivity contribution is -0.0591. The molecule has 6 heteroatoms. The molecule has 0 unspecified atom stereocenters. The van der Waals surface area contributed by atoms with Crippen LogP contribution < -0.4 is 0 Å². The van der Waals surface area contributed by atoms with Crippen molar-refractivity contribution < 1.29 is 13.9 Å². The Balaban J connectivity index is 1.28. The first-order valence-corrected chi connectivity index (χ1v) is 9.51. The third kappa shape index (κ3) is 3.72. The highest BCUT2D eigenvalue weighted by molar-refractivity contribution is 7.09. The number of rotatable bonds is 6. The number of furan rings is 1. The van der Waals surface area contributed by atoms with E-state index in [2.05, 4.69) is 21.3 Å². The number of aryl methyl sites for hydroxylation is 1. The molecule has 2 aromatic heterocycles. The molecule has 0 radical (unpaired) electrons. The summed E-state index contributed by atoms with van der Waals surface area (Å²) in [4.78, 5) is 7.00. The van der Waals surface area contributed by atoms with E-state index in [1.165, 1.54) is 5.56 Å². The molecule has 1 aliphatic heterocycles. The molecule has 0 amide bonds. The molecule has 2 aromatic rings. The van der Waals surface area contributed by atoms with E-state index in [-0.39, 0.29) is 0 Å². The van der Waals surface area contributed by atoms with Gasteiger partial charge in [-0.25, -0.2) is 4.98 Å². The van der Waals surface area contributed by atoms with Crippen molar-refractivity contribution >= 4 is 11.3 Å². The number of nitrogens with zero attached hydrogens (tertiary/aromatic N) is 2. The van der Waals surface area contributed by atoms with Gasteiger partial charge in [-0.1, -0.05) is 0 Å². The van der Waals surface area contributed by atoms with Crippen molar-refractivity contribution in [3.8, 4) is 0 Å². The van der Waals surface area contributed by atoms with Gasteiger partial charge in [-0.3, -0.25) is 4.90 Å².